The fourth-order valence-electron chi connectivity index (χ4n) is 1.42. The molecule has 0 aliphatic rings. The van der Waals surface area contributed by atoms with E-state index in [-0.39, 0.29) is 13.2 Å². The third kappa shape index (κ3) is 8.74. The Morgan fingerprint density at radius 1 is 0.818 bits per heavy atom. The molecule has 2 rings (SSSR count). The quantitative estimate of drug-likeness (QED) is 0.632. The van der Waals surface area contributed by atoms with Gasteiger partial charge in [-0.2, -0.15) is 0 Å². The van der Waals surface area contributed by atoms with E-state index in [9.17, 15) is 0 Å². The Balaban J connectivity index is 0.000000220. The topological polar surface area (TPSA) is 92.0 Å². The summed E-state index contributed by atoms with van der Waals surface area (Å²) in [6.45, 7) is 0.340. The lowest BCUT2D eigenvalue weighted by Gasteiger charge is -1.95. The lowest BCUT2D eigenvalue weighted by Crippen LogP contribution is -1.94. The van der Waals surface area contributed by atoms with Crippen LogP contribution in [-0.2, 0) is 6.42 Å². The van der Waals surface area contributed by atoms with Gasteiger partial charge in [0.1, 0.15) is 5.82 Å². The van der Waals surface area contributed by atoms with Gasteiger partial charge < -0.3 is 10.2 Å². The fraction of sp³-hybridized carbons (Fsp3) is 0.375. The molecule has 22 heavy (non-hydrogen) atoms. The number of aliphatic hydroxyl groups excluding tert-OH is 2. The van der Waals surface area contributed by atoms with Gasteiger partial charge in [-0.05, 0) is 30.9 Å². The molecular weight excluding hydrogens is 280 g/mol. The predicted molar refractivity (Wildman–Crippen MR) is 82.7 cm³/mol. The molecule has 0 unspecified atom stereocenters. The minimum atomic E-state index is 0.0832. The van der Waals surface area contributed by atoms with Crippen LogP contribution >= 0.6 is 0 Å². The number of aryl methyl sites for hydroxylation is 1. The summed E-state index contributed by atoms with van der Waals surface area (Å²) < 4.78 is 0. The molecule has 0 saturated heterocycles. The first-order valence-corrected chi connectivity index (χ1v) is 7.10. The van der Waals surface area contributed by atoms with Gasteiger partial charge in [0.05, 0.1) is 6.61 Å². The smallest absolute Gasteiger partial charge is 0.204 e. The van der Waals surface area contributed by atoms with Gasteiger partial charge in [-0.25, -0.2) is 19.9 Å². The lowest BCUT2D eigenvalue weighted by atomic mass is 10.2. The van der Waals surface area contributed by atoms with Crippen LogP contribution in [0.5, 0.6) is 0 Å². The number of unbranched alkanes of at least 4 members (excludes halogenated alkanes) is 1. The highest BCUT2D eigenvalue weighted by molar-refractivity contribution is 5.19. The molecule has 6 nitrogen and oxygen atoms in total. The van der Waals surface area contributed by atoms with Crippen LogP contribution in [0.1, 0.15) is 30.9 Å². The predicted octanol–water partition coefficient (Wildman–Crippen LogP) is 1.00. The van der Waals surface area contributed by atoms with Gasteiger partial charge in [0.2, 0.25) is 5.82 Å². The van der Waals surface area contributed by atoms with E-state index in [1.54, 1.807) is 36.9 Å². The molecule has 0 spiro atoms. The summed E-state index contributed by atoms with van der Waals surface area (Å²) in [5.74, 6) is 6.80. The maximum atomic E-state index is 8.50. The molecule has 0 saturated carbocycles. The Labute approximate surface area is 130 Å². The maximum absolute atomic E-state index is 8.50. The summed E-state index contributed by atoms with van der Waals surface area (Å²) in [6, 6.07) is 3.53. The number of hydrogen-bond acceptors (Lipinski definition) is 6. The third-order valence-corrected chi connectivity index (χ3v) is 2.43. The molecule has 2 N–H and O–H groups in total. The first-order chi connectivity index (χ1) is 10.9. The molecule has 6 heteroatoms. The first-order valence-electron chi connectivity index (χ1n) is 7.10. The van der Waals surface area contributed by atoms with Crippen molar-refractivity contribution >= 4 is 0 Å². The second-order valence-electron chi connectivity index (χ2n) is 4.19. The van der Waals surface area contributed by atoms with E-state index in [1.807, 2.05) is 0 Å². The van der Waals surface area contributed by atoms with Crippen molar-refractivity contribution < 1.29 is 10.2 Å². The highest BCUT2D eigenvalue weighted by Crippen LogP contribution is 1.96. The number of aromatic nitrogens is 4. The zero-order valence-electron chi connectivity index (χ0n) is 12.4. The maximum Gasteiger partial charge on any atom is 0.204 e. The molecule has 0 aliphatic carbocycles. The van der Waals surface area contributed by atoms with E-state index in [1.165, 1.54) is 0 Å². The Hall–Kier alpha value is -2.36. The highest BCUT2D eigenvalue weighted by Gasteiger charge is 1.92. The summed E-state index contributed by atoms with van der Waals surface area (Å²) in [4.78, 5) is 15.9. The van der Waals surface area contributed by atoms with Crippen molar-refractivity contribution in [3.63, 3.8) is 0 Å². The standard InChI is InChI=1S/C8H12N2O.C8H8N2O/c2*11-7-2-1-4-8-9-5-3-6-10-8/h3,5-6,11H,1-2,4,7H2;3,5-6,11H,2,7H2. The van der Waals surface area contributed by atoms with Crippen LogP contribution in [0.4, 0.5) is 0 Å². The van der Waals surface area contributed by atoms with Gasteiger partial charge >= 0.3 is 0 Å². The second kappa shape index (κ2) is 12.4. The molecule has 2 heterocycles. The molecule has 0 fully saturated rings. The molecule has 0 radical (unpaired) electrons. The molecular formula is C16H20N4O2. The Kier molecular flexibility index (Phi) is 9.96. The minimum absolute atomic E-state index is 0.0832. The highest BCUT2D eigenvalue weighted by atomic mass is 16.3. The van der Waals surface area contributed by atoms with Crippen molar-refractivity contribution in [1.29, 1.82) is 0 Å². The lowest BCUT2D eigenvalue weighted by molar-refractivity contribution is 0.284. The largest absolute Gasteiger partial charge is 0.396 e. The number of nitrogens with zero attached hydrogens (tertiary/aromatic N) is 4. The van der Waals surface area contributed by atoms with Gasteiger partial charge in [-0.3, -0.25) is 0 Å². The van der Waals surface area contributed by atoms with Crippen LogP contribution < -0.4 is 0 Å². The summed E-state index contributed by atoms with van der Waals surface area (Å²) in [6.07, 6.45) is 9.87. The molecule has 0 amide bonds. The minimum Gasteiger partial charge on any atom is -0.396 e. The van der Waals surface area contributed by atoms with Crippen LogP contribution in [0, 0.1) is 11.8 Å². The average Bonchev–Trinajstić information content (AvgIpc) is 2.58. The number of aliphatic hydroxyl groups is 2. The summed E-state index contributed by atoms with van der Waals surface area (Å²) in [7, 11) is 0. The average molecular weight is 300 g/mol. The van der Waals surface area contributed by atoms with Crippen molar-refractivity contribution in [1.82, 2.24) is 19.9 Å². The summed E-state index contributed by atoms with van der Waals surface area (Å²) >= 11 is 0. The van der Waals surface area contributed by atoms with Gasteiger partial charge in [0.15, 0.2) is 0 Å². The summed E-state index contributed by atoms with van der Waals surface area (Å²) in [5.41, 5.74) is 0. The fourth-order valence-corrected chi connectivity index (χ4v) is 1.42. The van der Waals surface area contributed by atoms with E-state index in [0.717, 1.165) is 25.1 Å². The van der Waals surface area contributed by atoms with Crippen LogP contribution in [0.25, 0.3) is 0 Å². The molecule has 0 aliphatic heterocycles. The van der Waals surface area contributed by atoms with Crippen LogP contribution in [0.15, 0.2) is 36.9 Å². The summed E-state index contributed by atoms with van der Waals surface area (Å²) in [5, 5.41) is 16.9. The van der Waals surface area contributed by atoms with E-state index < -0.39 is 0 Å². The van der Waals surface area contributed by atoms with Gasteiger partial charge in [-0.1, -0.05) is 5.92 Å². The van der Waals surface area contributed by atoms with E-state index >= 15 is 0 Å². The van der Waals surface area contributed by atoms with Crippen LogP contribution in [0.3, 0.4) is 0 Å². The molecule has 0 aromatic carbocycles. The number of hydrogen-bond donors (Lipinski definition) is 2. The molecule has 116 valence electrons. The Morgan fingerprint density at radius 2 is 1.45 bits per heavy atom. The monoisotopic (exact) mass is 300 g/mol. The van der Waals surface area contributed by atoms with E-state index in [2.05, 4.69) is 31.8 Å². The van der Waals surface area contributed by atoms with Crippen molar-refractivity contribution in [3.8, 4) is 11.8 Å². The van der Waals surface area contributed by atoms with Crippen molar-refractivity contribution in [3.05, 3.63) is 48.6 Å². The Morgan fingerprint density at radius 3 is 2.05 bits per heavy atom. The Bertz CT molecular complexity index is 553. The molecule has 2 aromatic rings. The zero-order valence-corrected chi connectivity index (χ0v) is 12.4. The van der Waals surface area contributed by atoms with Crippen LogP contribution in [0.2, 0.25) is 0 Å². The normalized spacial score (nSPS) is 9.18. The molecule has 0 bridgehead atoms. The van der Waals surface area contributed by atoms with Crippen molar-refractivity contribution in [2.24, 2.45) is 0 Å². The van der Waals surface area contributed by atoms with Gasteiger partial charge in [-0.15, -0.1) is 0 Å². The first kappa shape index (κ1) is 17.7. The molecule has 2 aromatic heterocycles. The van der Waals surface area contributed by atoms with E-state index in [4.69, 9.17) is 10.2 Å². The SMILES string of the molecule is OCCC#Cc1ncccn1.OCCCCc1ncccn1. The van der Waals surface area contributed by atoms with Gasteiger partial charge in [0, 0.05) is 44.2 Å². The second-order valence-corrected chi connectivity index (χ2v) is 4.19. The number of rotatable bonds is 5. The molecule has 0 atom stereocenters. The third-order valence-electron chi connectivity index (χ3n) is 2.43. The van der Waals surface area contributed by atoms with E-state index in [0.29, 0.717) is 12.2 Å². The van der Waals surface area contributed by atoms with Crippen molar-refractivity contribution in [2.45, 2.75) is 25.7 Å². The van der Waals surface area contributed by atoms with Crippen LogP contribution in [-0.4, -0.2) is 43.4 Å². The zero-order chi connectivity index (χ0) is 15.9. The van der Waals surface area contributed by atoms with Gasteiger partial charge in [0.25, 0.3) is 0 Å². The van der Waals surface area contributed by atoms with Crippen molar-refractivity contribution in [2.75, 3.05) is 13.2 Å².